The zero-order valence-electron chi connectivity index (χ0n) is 18.9. The van der Waals surface area contributed by atoms with E-state index >= 15 is 0 Å². The number of guanidine groups is 1. The van der Waals surface area contributed by atoms with E-state index in [0.717, 1.165) is 43.6 Å². The van der Waals surface area contributed by atoms with Crippen LogP contribution in [-0.4, -0.2) is 48.7 Å². The summed E-state index contributed by atoms with van der Waals surface area (Å²) in [7, 11) is 0. The Kier molecular flexibility index (Phi) is 10.7. The first kappa shape index (κ1) is 26.1. The summed E-state index contributed by atoms with van der Waals surface area (Å²) in [5.74, 6) is 1.44. The Bertz CT molecular complexity index is 784. The highest BCUT2D eigenvalue weighted by molar-refractivity contribution is 14.0. The third kappa shape index (κ3) is 8.36. The molecule has 1 unspecified atom stereocenters. The van der Waals surface area contributed by atoms with E-state index in [-0.39, 0.29) is 24.0 Å². The van der Waals surface area contributed by atoms with Crippen LogP contribution in [0.3, 0.4) is 0 Å². The molecular formula is C24H37IN4OS. The minimum atomic E-state index is -0.933. The molecule has 0 spiro atoms. The number of aliphatic imine (C=N–C) groups is 1. The van der Waals surface area contributed by atoms with E-state index in [0.29, 0.717) is 12.5 Å². The zero-order chi connectivity index (χ0) is 21.4. The second-order valence-corrected chi connectivity index (χ2v) is 9.48. The van der Waals surface area contributed by atoms with Gasteiger partial charge in [0.05, 0.1) is 6.54 Å². The number of aliphatic hydroxyl groups is 1. The molecule has 1 aliphatic rings. The summed E-state index contributed by atoms with van der Waals surface area (Å²) >= 11 is 1.57. The summed E-state index contributed by atoms with van der Waals surface area (Å²) in [5.41, 5.74) is 1.79. The average Bonchev–Trinajstić information content (AvgIpc) is 3.29. The summed E-state index contributed by atoms with van der Waals surface area (Å²) in [6, 6.07) is 12.8. The van der Waals surface area contributed by atoms with Gasteiger partial charge in [-0.15, -0.1) is 35.3 Å². The van der Waals surface area contributed by atoms with Gasteiger partial charge in [0.15, 0.2) is 5.96 Å². The molecule has 5 nitrogen and oxygen atoms in total. The number of hydrogen-bond donors (Lipinski definition) is 3. The van der Waals surface area contributed by atoms with Crippen LogP contribution in [0.2, 0.25) is 0 Å². The van der Waals surface area contributed by atoms with Crippen LogP contribution in [0, 0.1) is 12.8 Å². The van der Waals surface area contributed by atoms with Crippen molar-refractivity contribution in [3.05, 3.63) is 57.8 Å². The molecule has 0 bridgehead atoms. The minimum absolute atomic E-state index is 0. The highest BCUT2D eigenvalue weighted by Crippen LogP contribution is 2.25. The lowest BCUT2D eigenvalue weighted by Gasteiger charge is -2.32. The van der Waals surface area contributed by atoms with E-state index in [1.54, 1.807) is 11.3 Å². The predicted octanol–water partition coefficient (Wildman–Crippen LogP) is 4.35. The lowest BCUT2D eigenvalue weighted by molar-refractivity contribution is 0.0711. The molecule has 0 amide bonds. The third-order valence-electron chi connectivity index (χ3n) is 5.73. The second kappa shape index (κ2) is 12.8. The topological polar surface area (TPSA) is 59.9 Å². The molecule has 0 saturated carbocycles. The summed E-state index contributed by atoms with van der Waals surface area (Å²) < 4.78 is 0. The molecule has 2 heterocycles. The van der Waals surface area contributed by atoms with Gasteiger partial charge < -0.3 is 15.7 Å². The molecule has 31 heavy (non-hydrogen) atoms. The minimum Gasteiger partial charge on any atom is -0.383 e. The maximum atomic E-state index is 10.7. The quantitative estimate of drug-likeness (QED) is 0.257. The number of hydrogen-bond acceptors (Lipinski definition) is 4. The van der Waals surface area contributed by atoms with Crippen molar-refractivity contribution in [2.45, 2.75) is 45.8 Å². The molecule has 1 atom stereocenters. The molecule has 7 heteroatoms. The van der Waals surface area contributed by atoms with Crippen LogP contribution < -0.4 is 10.6 Å². The highest BCUT2D eigenvalue weighted by Gasteiger charge is 2.24. The Morgan fingerprint density at radius 1 is 1.19 bits per heavy atom. The normalized spacial score (nSPS) is 17.6. The smallest absolute Gasteiger partial charge is 0.191 e. The first-order valence-corrected chi connectivity index (χ1v) is 11.9. The Labute approximate surface area is 208 Å². The van der Waals surface area contributed by atoms with Gasteiger partial charge >= 0.3 is 0 Å². The molecule has 0 radical (unpaired) electrons. The first-order valence-electron chi connectivity index (χ1n) is 11.0. The van der Waals surface area contributed by atoms with Crippen LogP contribution in [-0.2, 0) is 12.1 Å². The van der Waals surface area contributed by atoms with Gasteiger partial charge in [-0.25, -0.2) is 4.99 Å². The lowest BCUT2D eigenvalue weighted by atomic mass is 9.96. The molecule has 2 aromatic rings. The highest BCUT2D eigenvalue weighted by atomic mass is 127. The standard InChI is InChI=1S/C24H36N4OS.HI/c1-4-25-23(27-18-24(3,29)22-6-5-15-30-22)26-16-20-11-13-28(14-12-20)17-21-9-7-19(2)8-10-21;/h5-10,15,20,29H,4,11-14,16-18H2,1-3H3,(H2,25,26,27);1H. The maximum Gasteiger partial charge on any atom is 0.191 e. The van der Waals surface area contributed by atoms with Gasteiger partial charge in [-0.1, -0.05) is 35.9 Å². The van der Waals surface area contributed by atoms with Gasteiger partial charge in [-0.05, 0) is 69.6 Å². The van der Waals surface area contributed by atoms with Crippen LogP contribution >= 0.6 is 35.3 Å². The molecule has 1 aromatic carbocycles. The van der Waals surface area contributed by atoms with Gasteiger partial charge in [0, 0.05) is 24.5 Å². The monoisotopic (exact) mass is 556 g/mol. The molecule has 1 saturated heterocycles. The number of nitrogens with one attached hydrogen (secondary N) is 2. The Hall–Kier alpha value is -1.16. The zero-order valence-corrected chi connectivity index (χ0v) is 22.1. The van der Waals surface area contributed by atoms with Crippen LogP contribution in [0.4, 0.5) is 0 Å². The van der Waals surface area contributed by atoms with E-state index in [9.17, 15) is 5.11 Å². The van der Waals surface area contributed by atoms with Gasteiger partial charge in [-0.2, -0.15) is 0 Å². The number of likely N-dealkylation sites (tertiary alicyclic amines) is 1. The second-order valence-electron chi connectivity index (χ2n) is 8.53. The number of nitrogens with zero attached hydrogens (tertiary/aromatic N) is 2. The number of thiophene rings is 1. The van der Waals surface area contributed by atoms with Crippen molar-refractivity contribution in [2.75, 3.05) is 32.7 Å². The van der Waals surface area contributed by atoms with Crippen molar-refractivity contribution >= 4 is 41.3 Å². The number of piperidine rings is 1. The van der Waals surface area contributed by atoms with Crippen LogP contribution in [0.5, 0.6) is 0 Å². The summed E-state index contributed by atoms with van der Waals surface area (Å²) in [4.78, 5) is 8.15. The largest absolute Gasteiger partial charge is 0.383 e. The fourth-order valence-corrected chi connectivity index (χ4v) is 4.56. The number of aryl methyl sites for hydroxylation is 1. The maximum absolute atomic E-state index is 10.7. The van der Waals surface area contributed by atoms with E-state index in [1.807, 2.05) is 24.4 Å². The molecule has 1 aromatic heterocycles. The molecule has 172 valence electrons. The van der Waals surface area contributed by atoms with Gasteiger partial charge in [0.25, 0.3) is 0 Å². The van der Waals surface area contributed by atoms with Crippen LogP contribution in [0.25, 0.3) is 0 Å². The Morgan fingerprint density at radius 3 is 2.52 bits per heavy atom. The molecular weight excluding hydrogens is 519 g/mol. The number of rotatable bonds is 8. The Balaban J connectivity index is 0.00000341. The molecule has 0 aliphatic carbocycles. The van der Waals surface area contributed by atoms with Crippen molar-refractivity contribution in [2.24, 2.45) is 10.9 Å². The lowest BCUT2D eigenvalue weighted by Crippen LogP contribution is -2.43. The number of halogens is 1. The van der Waals surface area contributed by atoms with Gasteiger partial charge in [0.2, 0.25) is 0 Å². The van der Waals surface area contributed by atoms with Crippen molar-refractivity contribution < 1.29 is 5.11 Å². The van der Waals surface area contributed by atoms with Crippen molar-refractivity contribution in [3.8, 4) is 0 Å². The SMILES string of the molecule is CCNC(=NCC(C)(O)c1cccs1)NCC1CCN(Cc2ccc(C)cc2)CC1.I. The van der Waals surface area contributed by atoms with E-state index < -0.39 is 5.60 Å². The molecule has 3 N–H and O–H groups in total. The van der Waals surface area contributed by atoms with Crippen molar-refractivity contribution in [1.82, 2.24) is 15.5 Å². The molecule has 1 fully saturated rings. The van der Waals surface area contributed by atoms with Crippen LogP contribution in [0.1, 0.15) is 42.7 Å². The third-order valence-corrected chi connectivity index (χ3v) is 6.86. The van der Waals surface area contributed by atoms with Gasteiger partial charge in [0.1, 0.15) is 5.60 Å². The average molecular weight is 557 g/mol. The predicted molar refractivity (Wildman–Crippen MR) is 142 cm³/mol. The fourth-order valence-electron chi connectivity index (χ4n) is 3.78. The molecule has 3 rings (SSSR count). The van der Waals surface area contributed by atoms with Gasteiger partial charge in [-0.3, -0.25) is 4.90 Å². The Morgan fingerprint density at radius 2 is 1.90 bits per heavy atom. The van der Waals surface area contributed by atoms with E-state index in [4.69, 9.17) is 0 Å². The van der Waals surface area contributed by atoms with Crippen LogP contribution in [0.15, 0.2) is 46.8 Å². The summed E-state index contributed by atoms with van der Waals surface area (Å²) in [6.45, 7) is 11.4. The van der Waals surface area contributed by atoms with E-state index in [1.165, 1.54) is 24.0 Å². The summed E-state index contributed by atoms with van der Waals surface area (Å²) in [5, 5.41) is 19.5. The van der Waals surface area contributed by atoms with Crippen molar-refractivity contribution in [1.29, 1.82) is 0 Å². The van der Waals surface area contributed by atoms with Crippen molar-refractivity contribution in [3.63, 3.8) is 0 Å². The van der Waals surface area contributed by atoms with E-state index in [2.05, 4.69) is 58.6 Å². The number of benzene rings is 1. The molecule has 1 aliphatic heterocycles. The summed E-state index contributed by atoms with van der Waals surface area (Å²) in [6.07, 6.45) is 2.40. The fraction of sp³-hybridized carbons (Fsp3) is 0.542. The first-order chi connectivity index (χ1) is 14.5.